The number of amides is 2. The van der Waals surface area contributed by atoms with Crippen molar-refractivity contribution in [3.8, 4) is 23.3 Å². The second-order valence-corrected chi connectivity index (χ2v) is 6.68. The molecule has 2 aromatic carbocycles. The molecule has 166 valence electrons. The van der Waals surface area contributed by atoms with E-state index in [-0.39, 0.29) is 24.5 Å². The number of nitriles is 1. The monoisotopic (exact) mass is 437 g/mol. The van der Waals surface area contributed by atoms with Crippen LogP contribution in [0.25, 0.3) is 0 Å². The molecule has 1 atom stereocenters. The van der Waals surface area contributed by atoms with E-state index in [0.29, 0.717) is 28.4 Å². The van der Waals surface area contributed by atoms with Crippen LogP contribution < -0.4 is 24.8 Å². The zero-order valence-electron chi connectivity index (χ0n) is 17.9. The van der Waals surface area contributed by atoms with Gasteiger partial charge in [-0.3, -0.25) is 0 Å². The van der Waals surface area contributed by atoms with E-state index >= 15 is 0 Å². The quantitative estimate of drug-likeness (QED) is 0.610. The molecule has 2 N–H and O–H groups in total. The van der Waals surface area contributed by atoms with E-state index < -0.39 is 18.0 Å². The van der Waals surface area contributed by atoms with Gasteiger partial charge in [0.2, 0.25) is 0 Å². The smallest absolute Gasteiger partial charge is 0.338 e. The molecular formula is C23H23N3O6. The molecule has 0 fully saturated rings. The Morgan fingerprint density at radius 1 is 1.09 bits per heavy atom. The summed E-state index contributed by atoms with van der Waals surface area (Å²) in [6.45, 7) is 1.74. The van der Waals surface area contributed by atoms with E-state index in [1.807, 2.05) is 6.07 Å². The largest absolute Gasteiger partial charge is 0.497 e. The summed E-state index contributed by atoms with van der Waals surface area (Å²) >= 11 is 0. The lowest BCUT2D eigenvalue weighted by Gasteiger charge is -2.29. The van der Waals surface area contributed by atoms with Crippen molar-refractivity contribution in [1.82, 2.24) is 10.6 Å². The minimum atomic E-state index is -0.741. The van der Waals surface area contributed by atoms with Crippen LogP contribution in [0.2, 0.25) is 0 Å². The Kier molecular flexibility index (Phi) is 7.18. The van der Waals surface area contributed by atoms with Gasteiger partial charge in [0.05, 0.1) is 49.8 Å². The third-order valence-corrected chi connectivity index (χ3v) is 4.76. The van der Waals surface area contributed by atoms with Crippen molar-refractivity contribution < 1.29 is 28.5 Å². The average Bonchev–Trinajstić information content (AvgIpc) is 2.82. The fraction of sp³-hybridized carbons (Fsp3) is 0.261. The predicted molar refractivity (Wildman–Crippen MR) is 114 cm³/mol. The predicted octanol–water partition coefficient (Wildman–Crippen LogP) is 2.83. The van der Waals surface area contributed by atoms with Gasteiger partial charge in [-0.1, -0.05) is 12.1 Å². The first kappa shape index (κ1) is 22.5. The van der Waals surface area contributed by atoms with Crippen molar-refractivity contribution in [2.24, 2.45) is 0 Å². The Morgan fingerprint density at radius 2 is 1.84 bits per heavy atom. The van der Waals surface area contributed by atoms with Crippen LogP contribution >= 0.6 is 0 Å². The van der Waals surface area contributed by atoms with Gasteiger partial charge in [0.25, 0.3) is 0 Å². The number of benzene rings is 2. The number of nitrogens with one attached hydrogen (secondary N) is 2. The molecular weight excluding hydrogens is 414 g/mol. The normalized spacial score (nSPS) is 15.2. The molecule has 0 saturated carbocycles. The van der Waals surface area contributed by atoms with Crippen LogP contribution in [-0.2, 0) is 9.53 Å². The summed E-state index contributed by atoms with van der Waals surface area (Å²) in [6.07, 6.45) is 0. The molecule has 1 heterocycles. The second-order valence-electron chi connectivity index (χ2n) is 6.68. The topological polar surface area (TPSA) is 119 Å². The van der Waals surface area contributed by atoms with Crippen molar-refractivity contribution in [3.05, 3.63) is 64.9 Å². The maximum Gasteiger partial charge on any atom is 0.338 e. The highest BCUT2D eigenvalue weighted by molar-refractivity contribution is 5.95. The standard InChI is InChI=1S/C23H23N3O6/c1-4-31-22(27)20-17(13-32-18-10-5-14(12-24)11-19(18)30-3)25-23(28)26-21(20)15-6-8-16(29-2)9-7-15/h5-11,21H,4,13H2,1-3H3,(H2,25,26,28)/t21-/m1/s1. The van der Waals surface area contributed by atoms with Crippen molar-refractivity contribution in [2.75, 3.05) is 27.4 Å². The Hall–Kier alpha value is -4.19. The number of carbonyl (C=O) groups is 2. The number of hydrogen-bond donors (Lipinski definition) is 2. The zero-order valence-corrected chi connectivity index (χ0v) is 17.9. The van der Waals surface area contributed by atoms with E-state index in [1.165, 1.54) is 13.2 Å². The lowest BCUT2D eigenvalue weighted by molar-refractivity contribution is -0.139. The van der Waals surface area contributed by atoms with Gasteiger partial charge in [0.15, 0.2) is 11.5 Å². The van der Waals surface area contributed by atoms with E-state index in [0.717, 1.165) is 0 Å². The van der Waals surface area contributed by atoms with Crippen molar-refractivity contribution in [3.63, 3.8) is 0 Å². The highest BCUT2D eigenvalue weighted by Gasteiger charge is 2.34. The molecule has 0 radical (unpaired) electrons. The first-order chi connectivity index (χ1) is 15.5. The minimum Gasteiger partial charge on any atom is -0.497 e. The fourth-order valence-corrected chi connectivity index (χ4v) is 3.23. The summed E-state index contributed by atoms with van der Waals surface area (Å²) in [5, 5.41) is 14.5. The number of nitrogens with zero attached hydrogens (tertiary/aromatic N) is 1. The summed E-state index contributed by atoms with van der Waals surface area (Å²) in [4.78, 5) is 25.2. The Balaban J connectivity index is 1.97. The molecule has 0 aromatic heterocycles. The molecule has 9 heteroatoms. The van der Waals surface area contributed by atoms with Crippen LogP contribution in [0.4, 0.5) is 4.79 Å². The molecule has 0 spiro atoms. The number of carbonyl (C=O) groups excluding carboxylic acids is 2. The lowest BCUT2D eigenvalue weighted by Crippen LogP contribution is -2.47. The third kappa shape index (κ3) is 4.92. The van der Waals surface area contributed by atoms with Crippen LogP contribution in [0.1, 0.15) is 24.1 Å². The van der Waals surface area contributed by atoms with E-state index in [4.69, 9.17) is 24.2 Å². The highest BCUT2D eigenvalue weighted by Crippen LogP contribution is 2.31. The molecule has 1 aliphatic heterocycles. The van der Waals surface area contributed by atoms with Crippen molar-refractivity contribution in [1.29, 1.82) is 5.26 Å². The molecule has 0 bridgehead atoms. The van der Waals surface area contributed by atoms with Crippen LogP contribution in [0.15, 0.2) is 53.7 Å². The lowest BCUT2D eigenvalue weighted by atomic mass is 9.95. The Bertz CT molecular complexity index is 1070. The minimum absolute atomic E-state index is 0.128. The number of hydrogen-bond acceptors (Lipinski definition) is 7. The Morgan fingerprint density at radius 3 is 2.47 bits per heavy atom. The van der Waals surface area contributed by atoms with Crippen molar-refractivity contribution >= 4 is 12.0 Å². The van der Waals surface area contributed by atoms with Gasteiger partial charge in [-0.15, -0.1) is 0 Å². The summed E-state index contributed by atoms with van der Waals surface area (Å²) in [6, 6.07) is 12.5. The Labute approximate surface area is 185 Å². The summed E-state index contributed by atoms with van der Waals surface area (Å²) in [5.74, 6) is 0.781. The van der Waals surface area contributed by atoms with Crippen LogP contribution in [0, 0.1) is 11.3 Å². The second kappa shape index (κ2) is 10.2. The molecule has 32 heavy (non-hydrogen) atoms. The van der Waals surface area contributed by atoms with E-state index in [1.54, 1.807) is 50.4 Å². The molecule has 3 rings (SSSR count). The maximum absolute atomic E-state index is 12.8. The number of urea groups is 1. The highest BCUT2D eigenvalue weighted by atomic mass is 16.5. The SMILES string of the molecule is CCOC(=O)C1=C(COc2ccc(C#N)cc2OC)NC(=O)N[C@@H]1c1ccc(OC)cc1. The van der Waals surface area contributed by atoms with Crippen LogP contribution in [0.5, 0.6) is 17.2 Å². The fourth-order valence-electron chi connectivity index (χ4n) is 3.23. The molecule has 1 aliphatic rings. The molecule has 2 amide bonds. The number of ether oxygens (including phenoxy) is 4. The molecule has 0 unspecified atom stereocenters. The van der Waals surface area contributed by atoms with Gasteiger partial charge < -0.3 is 29.6 Å². The van der Waals surface area contributed by atoms with Gasteiger partial charge in [0.1, 0.15) is 12.4 Å². The molecule has 0 saturated heterocycles. The number of rotatable bonds is 8. The van der Waals surface area contributed by atoms with E-state index in [9.17, 15) is 9.59 Å². The van der Waals surface area contributed by atoms with Gasteiger partial charge in [-0.05, 0) is 36.8 Å². The average molecular weight is 437 g/mol. The van der Waals surface area contributed by atoms with Crippen LogP contribution in [-0.4, -0.2) is 39.4 Å². The van der Waals surface area contributed by atoms with Gasteiger partial charge >= 0.3 is 12.0 Å². The summed E-state index contributed by atoms with van der Waals surface area (Å²) in [7, 11) is 3.01. The maximum atomic E-state index is 12.8. The van der Waals surface area contributed by atoms with Crippen molar-refractivity contribution in [2.45, 2.75) is 13.0 Å². The molecule has 9 nitrogen and oxygen atoms in total. The summed E-state index contributed by atoms with van der Waals surface area (Å²) in [5.41, 5.74) is 1.58. The first-order valence-corrected chi connectivity index (χ1v) is 9.83. The zero-order chi connectivity index (χ0) is 23.1. The van der Waals surface area contributed by atoms with Gasteiger partial charge in [-0.2, -0.15) is 5.26 Å². The number of methoxy groups -OCH3 is 2. The van der Waals surface area contributed by atoms with Crippen LogP contribution in [0.3, 0.4) is 0 Å². The first-order valence-electron chi connectivity index (χ1n) is 9.83. The molecule has 2 aromatic rings. The number of esters is 1. The summed E-state index contributed by atoms with van der Waals surface area (Å²) < 4.78 is 21.5. The van der Waals surface area contributed by atoms with Gasteiger partial charge in [-0.25, -0.2) is 9.59 Å². The van der Waals surface area contributed by atoms with Gasteiger partial charge in [0, 0.05) is 6.07 Å². The van der Waals surface area contributed by atoms with E-state index in [2.05, 4.69) is 10.6 Å². The molecule has 0 aliphatic carbocycles. The third-order valence-electron chi connectivity index (χ3n) is 4.76.